The molecule has 0 heterocycles. The van der Waals surface area contributed by atoms with Gasteiger partial charge >= 0.3 is 0 Å². The highest BCUT2D eigenvalue weighted by Crippen LogP contribution is 2.32. The monoisotopic (exact) mass is 540 g/mol. The molecule has 1 fully saturated rings. The molecule has 3 aromatic carbocycles. The predicted molar refractivity (Wildman–Crippen MR) is 146 cm³/mol. The van der Waals surface area contributed by atoms with Crippen molar-refractivity contribution in [3.63, 3.8) is 0 Å². The van der Waals surface area contributed by atoms with Gasteiger partial charge in [-0.05, 0) is 42.2 Å². The lowest BCUT2D eigenvalue weighted by atomic mass is 9.95. The second kappa shape index (κ2) is 12.6. The van der Waals surface area contributed by atoms with E-state index in [1.54, 1.807) is 11.0 Å². The van der Waals surface area contributed by atoms with Crippen LogP contribution in [0.15, 0.2) is 83.8 Å². The lowest BCUT2D eigenvalue weighted by molar-refractivity contribution is -0.133. The van der Waals surface area contributed by atoms with Gasteiger partial charge in [-0.2, -0.15) is 4.31 Å². The van der Waals surface area contributed by atoms with Crippen LogP contribution in [0, 0.1) is 0 Å². The minimum atomic E-state index is -3.98. The van der Waals surface area contributed by atoms with Crippen molar-refractivity contribution in [3.05, 3.63) is 95.0 Å². The van der Waals surface area contributed by atoms with Crippen molar-refractivity contribution in [1.82, 2.24) is 9.21 Å². The molecule has 0 bridgehead atoms. The molecular formula is C29H33ClN2O4S. The number of hydrogen-bond donors (Lipinski definition) is 0. The van der Waals surface area contributed by atoms with E-state index in [2.05, 4.69) is 0 Å². The number of sulfonamides is 1. The maximum Gasteiger partial charge on any atom is 0.243 e. The molecule has 37 heavy (non-hydrogen) atoms. The van der Waals surface area contributed by atoms with Crippen LogP contribution in [-0.2, 0) is 27.9 Å². The minimum absolute atomic E-state index is 0.0642. The van der Waals surface area contributed by atoms with Crippen LogP contribution in [0.2, 0.25) is 5.02 Å². The lowest BCUT2D eigenvalue weighted by Crippen LogP contribution is -2.47. The maximum absolute atomic E-state index is 13.9. The van der Waals surface area contributed by atoms with E-state index in [0.717, 1.165) is 43.2 Å². The first-order valence-corrected chi connectivity index (χ1v) is 14.4. The van der Waals surface area contributed by atoms with Crippen molar-refractivity contribution in [2.75, 3.05) is 13.7 Å². The second-order valence-corrected chi connectivity index (χ2v) is 11.7. The quantitative estimate of drug-likeness (QED) is 0.321. The fraction of sp³-hybridized carbons (Fsp3) is 0.345. The van der Waals surface area contributed by atoms with Crippen LogP contribution in [-0.4, -0.2) is 43.2 Å². The Labute approximate surface area is 224 Å². The van der Waals surface area contributed by atoms with Gasteiger partial charge in [0.05, 0.1) is 23.6 Å². The minimum Gasteiger partial charge on any atom is -0.495 e. The number of ether oxygens (including phenoxy) is 1. The molecule has 0 spiro atoms. The largest absolute Gasteiger partial charge is 0.495 e. The summed E-state index contributed by atoms with van der Waals surface area (Å²) in [7, 11) is -2.49. The number of amides is 1. The van der Waals surface area contributed by atoms with Gasteiger partial charge in [0.25, 0.3) is 0 Å². The standard InChI is InChI=1S/C29H33ClN2O4S/c1-36-28-18-17-26(19-27(28)30)37(34,35)32(25-15-9-4-10-16-25)22-29(33)31(20-23-11-5-2-6-12-23)21-24-13-7-3-8-14-24/h2-3,5-8,11-14,17-19,25H,4,9-10,15-16,20-22H2,1H3. The molecule has 0 unspecified atom stereocenters. The zero-order chi connectivity index (χ0) is 26.3. The summed E-state index contributed by atoms with van der Waals surface area (Å²) in [5.41, 5.74) is 1.97. The van der Waals surface area contributed by atoms with Crippen LogP contribution >= 0.6 is 11.6 Å². The highest BCUT2D eigenvalue weighted by atomic mass is 35.5. The van der Waals surface area contributed by atoms with E-state index < -0.39 is 10.0 Å². The molecule has 8 heteroatoms. The van der Waals surface area contributed by atoms with Crippen molar-refractivity contribution in [3.8, 4) is 5.75 Å². The van der Waals surface area contributed by atoms with E-state index >= 15 is 0 Å². The number of benzene rings is 3. The van der Waals surface area contributed by atoms with Gasteiger partial charge in [-0.25, -0.2) is 8.42 Å². The maximum atomic E-state index is 13.9. The summed E-state index contributed by atoms with van der Waals surface area (Å²) in [5.74, 6) is 0.166. The van der Waals surface area contributed by atoms with E-state index in [0.29, 0.717) is 18.8 Å². The molecule has 3 aromatic rings. The van der Waals surface area contributed by atoms with E-state index in [4.69, 9.17) is 16.3 Å². The summed E-state index contributed by atoms with van der Waals surface area (Å²) in [6, 6.07) is 23.7. The molecule has 0 aliphatic heterocycles. The number of rotatable bonds is 10. The Morgan fingerprint density at radius 1 is 0.892 bits per heavy atom. The summed E-state index contributed by atoms with van der Waals surface area (Å²) in [5, 5.41) is 0.216. The first-order valence-electron chi connectivity index (χ1n) is 12.6. The molecule has 0 N–H and O–H groups in total. The highest BCUT2D eigenvalue weighted by Gasteiger charge is 2.35. The molecule has 1 amide bonds. The van der Waals surface area contributed by atoms with Crippen LogP contribution in [0.1, 0.15) is 43.2 Å². The Morgan fingerprint density at radius 2 is 1.46 bits per heavy atom. The number of hydrogen-bond acceptors (Lipinski definition) is 4. The number of nitrogens with zero attached hydrogens (tertiary/aromatic N) is 2. The topological polar surface area (TPSA) is 66.9 Å². The molecule has 0 atom stereocenters. The Kier molecular flexibility index (Phi) is 9.24. The van der Waals surface area contributed by atoms with Crippen LogP contribution in [0.4, 0.5) is 0 Å². The van der Waals surface area contributed by atoms with Crippen LogP contribution < -0.4 is 4.74 Å². The summed E-state index contributed by atoms with van der Waals surface area (Å²) >= 11 is 6.28. The lowest BCUT2D eigenvalue weighted by Gasteiger charge is -2.34. The third kappa shape index (κ3) is 6.92. The Morgan fingerprint density at radius 3 is 1.97 bits per heavy atom. The SMILES string of the molecule is COc1ccc(S(=O)(=O)N(CC(=O)N(Cc2ccccc2)Cc2ccccc2)C2CCCCC2)cc1Cl. The third-order valence-corrected chi connectivity index (χ3v) is 8.98. The molecule has 196 valence electrons. The molecule has 1 aliphatic rings. The average molecular weight is 541 g/mol. The first kappa shape index (κ1) is 27.2. The van der Waals surface area contributed by atoms with Gasteiger partial charge in [0, 0.05) is 19.1 Å². The van der Waals surface area contributed by atoms with Crippen molar-refractivity contribution in [2.45, 2.75) is 56.1 Å². The van der Waals surface area contributed by atoms with Gasteiger partial charge in [0.2, 0.25) is 15.9 Å². The third-order valence-electron chi connectivity index (χ3n) is 6.79. The van der Waals surface area contributed by atoms with Gasteiger partial charge in [0.15, 0.2) is 0 Å². The smallest absolute Gasteiger partial charge is 0.243 e. The normalized spacial score (nSPS) is 14.5. The van der Waals surface area contributed by atoms with E-state index in [9.17, 15) is 13.2 Å². The van der Waals surface area contributed by atoms with Gasteiger partial charge in [-0.3, -0.25) is 4.79 Å². The van der Waals surface area contributed by atoms with Gasteiger partial charge < -0.3 is 9.64 Å². The molecule has 1 aliphatic carbocycles. The van der Waals surface area contributed by atoms with Crippen LogP contribution in [0.3, 0.4) is 0 Å². The van der Waals surface area contributed by atoms with E-state index in [1.165, 1.54) is 23.5 Å². The molecule has 0 radical (unpaired) electrons. The first-order chi connectivity index (χ1) is 17.9. The van der Waals surface area contributed by atoms with E-state index in [-0.39, 0.29) is 28.4 Å². The second-order valence-electron chi connectivity index (χ2n) is 9.36. The Hall–Kier alpha value is -2.87. The average Bonchev–Trinajstić information content (AvgIpc) is 2.92. The number of halogens is 1. The molecular weight excluding hydrogens is 508 g/mol. The van der Waals surface area contributed by atoms with Crippen molar-refractivity contribution in [2.24, 2.45) is 0 Å². The van der Waals surface area contributed by atoms with Gasteiger partial charge in [-0.1, -0.05) is 91.5 Å². The predicted octanol–water partition coefficient (Wildman–Crippen LogP) is 5.90. The fourth-order valence-electron chi connectivity index (χ4n) is 4.80. The Balaban J connectivity index is 1.65. The van der Waals surface area contributed by atoms with Gasteiger partial charge in [-0.15, -0.1) is 0 Å². The van der Waals surface area contributed by atoms with Crippen LogP contribution in [0.5, 0.6) is 5.75 Å². The van der Waals surface area contributed by atoms with Crippen molar-refractivity contribution >= 4 is 27.5 Å². The van der Waals surface area contributed by atoms with Crippen LogP contribution in [0.25, 0.3) is 0 Å². The Bertz CT molecular complexity index is 1240. The molecule has 4 rings (SSSR count). The zero-order valence-corrected chi connectivity index (χ0v) is 22.6. The van der Waals surface area contributed by atoms with Crippen molar-refractivity contribution in [1.29, 1.82) is 0 Å². The van der Waals surface area contributed by atoms with Gasteiger partial charge in [0.1, 0.15) is 5.75 Å². The summed E-state index contributed by atoms with van der Waals surface area (Å²) in [6.07, 6.45) is 4.40. The molecule has 1 saturated carbocycles. The zero-order valence-electron chi connectivity index (χ0n) is 21.1. The number of carbonyl (C=O) groups is 1. The van der Waals surface area contributed by atoms with E-state index in [1.807, 2.05) is 60.7 Å². The fourth-order valence-corrected chi connectivity index (χ4v) is 6.78. The molecule has 0 aromatic heterocycles. The molecule has 6 nitrogen and oxygen atoms in total. The summed E-state index contributed by atoms with van der Waals surface area (Å²) in [6.45, 7) is 0.555. The molecule has 0 saturated heterocycles. The number of carbonyl (C=O) groups excluding carboxylic acids is 1. The number of methoxy groups -OCH3 is 1. The van der Waals surface area contributed by atoms with Crippen molar-refractivity contribution < 1.29 is 17.9 Å². The summed E-state index contributed by atoms with van der Waals surface area (Å²) in [4.78, 5) is 15.6. The summed E-state index contributed by atoms with van der Waals surface area (Å²) < 4.78 is 34.4. The highest BCUT2D eigenvalue weighted by molar-refractivity contribution is 7.89.